The first kappa shape index (κ1) is 17.9. The number of hydrogen-bond acceptors (Lipinski definition) is 2. The molecule has 0 fully saturated rings. The van der Waals surface area contributed by atoms with Crippen LogP contribution in [0.2, 0.25) is 5.02 Å². The maximum atomic E-state index is 13.9. The summed E-state index contributed by atoms with van der Waals surface area (Å²) in [5.74, 6) is -1.05. The third kappa shape index (κ3) is 4.02. The van der Waals surface area contributed by atoms with E-state index in [1.165, 1.54) is 29.3 Å². The molecule has 0 radical (unpaired) electrons. The Bertz CT molecular complexity index is 745. The van der Waals surface area contributed by atoms with Gasteiger partial charge in [0, 0.05) is 25.7 Å². The zero-order chi connectivity index (χ0) is 17.8. The lowest BCUT2D eigenvalue weighted by molar-refractivity contribution is 0.0922. The zero-order valence-electron chi connectivity index (χ0n) is 14.3. The molecule has 3 nitrogen and oxygen atoms in total. The Kier molecular flexibility index (Phi) is 5.71. The molecule has 0 aliphatic carbocycles. The molecule has 5 heteroatoms. The predicted molar refractivity (Wildman–Crippen MR) is 98.4 cm³/mol. The largest absolute Gasteiger partial charge is 0.350 e. The van der Waals surface area contributed by atoms with E-state index in [4.69, 9.17) is 11.6 Å². The van der Waals surface area contributed by atoms with Gasteiger partial charge in [-0.15, -0.1) is 0 Å². The number of hydrogen-bond donors (Lipinski definition) is 1. The summed E-state index contributed by atoms with van der Waals surface area (Å²) < 4.78 is 13.9. The number of amides is 1. The minimum absolute atomic E-state index is 0.0805. The molecule has 25 heavy (non-hydrogen) atoms. The molecule has 1 N–H and O–H groups in total. The first-order chi connectivity index (χ1) is 12.1. The minimum atomic E-state index is -0.593. The Morgan fingerprint density at radius 1 is 1.24 bits per heavy atom. The van der Waals surface area contributed by atoms with Crippen LogP contribution in [0.5, 0.6) is 0 Å². The van der Waals surface area contributed by atoms with Crippen LogP contribution < -0.4 is 5.32 Å². The molecule has 1 aliphatic heterocycles. The molecule has 2 aromatic rings. The summed E-state index contributed by atoms with van der Waals surface area (Å²) >= 11 is 5.97. The third-order valence-electron chi connectivity index (χ3n) is 4.84. The quantitative estimate of drug-likeness (QED) is 0.872. The molecular formula is C20H22ClFN2O. The van der Waals surface area contributed by atoms with Gasteiger partial charge in [0.15, 0.2) is 0 Å². The Morgan fingerprint density at radius 2 is 2.00 bits per heavy atom. The first-order valence-electron chi connectivity index (χ1n) is 8.63. The molecule has 1 unspecified atom stereocenters. The normalized spacial score (nSPS) is 15.5. The molecule has 1 amide bonds. The molecule has 0 aromatic heterocycles. The number of nitrogens with zero attached hydrogens (tertiary/aromatic N) is 1. The van der Waals surface area contributed by atoms with Gasteiger partial charge in [-0.2, -0.15) is 0 Å². The van der Waals surface area contributed by atoms with Crippen molar-refractivity contribution in [2.45, 2.75) is 32.4 Å². The SMILES string of the molecule is CCC(CNC(=O)c1c(F)cccc1Cl)N1CCc2ccccc2C1. The minimum Gasteiger partial charge on any atom is -0.350 e. The van der Waals surface area contributed by atoms with Crippen molar-refractivity contribution in [3.05, 3.63) is 70.0 Å². The van der Waals surface area contributed by atoms with E-state index in [0.717, 1.165) is 25.9 Å². The Morgan fingerprint density at radius 3 is 2.72 bits per heavy atom. The molecule has 0 saturated carbocycles. The average molecular weight is 361 g/mol. The summed E-state index contributed by atoms with van der Waals surface area (Å²) in [4.78, 5) is 14.7. The molecule has 3 rings (SSSR count). The average Bonchev–Trinajstić information content (AvgIpc) is 2.62. The van der Waals surface area contributed by atoms with E-state index >= 15 is 0 Å². The highest BCUT2D eigenvalue weighted by molar-refractivity contribution is 6.33. The van der Waals surface area contributed by atoms with Gasteiger partial charge < -0.3 is 5.32 Å². The Balaban J connectivity index is 1.64. The molecule has 0 bridgehead atoms. The highest BCUT2D eigenvalue weighted by Gasteiger charge is 2.23. The zero-order valence-corrected chi connectivity index (χ0v) is 15.0. The lowest BCUT2D eigenvalue weighted by Crippen LogP contribution is -2.45. The van der Waals surface area contributed by atoms with E-state index in [9.17, 15) is 9.18 Å². The van der Waals surface area contributed by atoms with Gasteiger partial charge in [-0.25, -0.2) is 4.39 Å². The van der Waals surface area contributed by atoms with Crippen molar-refractivity contribution in [1.82, 2.24) is 10.2 Å². The number of halogens is 2. The van der Waals surface area contributed by atoms with Crippen LogP contribution >= 0.6 is 11.6 Å². The molecule has 132 valence electrons. The van der Waals surface area contributed by atoms with Gasteiger partial charge >= 0.3 is 0 Å². The van der Waals surface area contributed by atoms with Crippen LogP contribution in [0.25, 0.3) is 0 Å². The Hall–Kier alpha value is -1.91. The lowest BCUT2D eigenvalue weighted by Gasteiger charge is -2.35. The fourth-order valence-corrected chi connectivity index (χ4v) is 3.62. The third-order valence-corrected chi connectivity index (χ3v) is 5.15. The number of carbonyl (C=O) groups excluding carboxylic acids is 1. The fourth-order valence-electron chi connectivity index (χ4n) is 3.37. The van der Waals surface area contributed by atoms with E-state index in [0.29, 0.717) is 6.54 Å². The smallest absolute Gasteiger partial charge is 0.255 e. The second-order valence-electron chi connectivity index (χ2n) is 6.36. The van der Waals surface area contributed by atoms with Crippen molar-refractivity contribution in [2.24, 2.45) is 0 Å². The van der Waals surface area contributed by atoms with E-state index in [-0.39, 0.29) is 16.6 Å². The number of carbonyl (C=O) groups is 1. The molecule has 0 saturated heterocycles. The predicted octanol–water partition coefficient (Wildman–Crippen LogP) is 4.05. The van der Waals surface area contributed by atoms with Gasteiger partial charge in [0.2, 0.25) is 0 Å². The van der Waals surface area contributed by atoms with Crippen molar-refractivity contribution < 1.29 is 9.18 Å². The van der Waals surface area contributed by atoms with Gasteiger partial charge in [0.25, 0.3) is 5.91 Å². The number of benzene rings is 2. The molecule has 2 aromatic carbocycles. The lowest BCUT2D eigenvalue weighted by atomic mass is 9.98. The second-order valence-corrected chi connectivity index (χ2v) is 6.77. The van der Waals surface area contributed by atoms with Gasteiger partial charge in [0.1, 0.15) is 5.82 Å². The van der Waals surface area contributed by atoms with E-state index in [1.807, 2.05) is 0 Å². The van der Waals surface area contributed by atoms with Crippen LogP contribution in [0.3, 0.4) is 0 Å². The summed E-state index contributed by atoms with van der Waals surface area (Å²) in [6.45, 7) is 4.42. The topological polar surface area (TPSA) is 32.3 Å². The van der Waals surface area contributed by atoms with Crippen LogP contribution in [0.1, 0.15) is 34.8 Å². The molecule has 0 spiro atoms. The van der Waals surface area contributed by atoms with Gasteiger partial charge in [-0.05, 0) is 36.1 Å². The summed E-state index contributed by atoms with van der Waals surface area (Å²) in [6, 6.07) is 13.0. The van der Waals surface area contributed by atoms with Crippen molar-refractivity contribution in [2.75, 3.05) is 13.1 Å². The second kappa shape index (κ2) is 7.98. The summed E-state index contributed by atoms with van der Waals surface area (Å²) in [6.07, 6.45) is 1.92. The summed E-state index contributed by atoms with van der Waals surface area (Å²) in [5, 5.41) is 2.98. The molecule has 1 aliphatic rings. The van der Waals surface area contributed by atoms with Gasteiger partial charge in [0.05, 0.1) is 10.6 Å². The number of fused-ring (bicyclic) bond motifs is 1. The maximum Gasteiger partial charge on any atom is 0.255 e. The van der Waals surface area contributed by atoms with Crippen molar-refractivity contribution >= 4 is 17.5 Å². The summed E-state index contributed by atoms with van der Waals surface area (Å²) in [7, 11) is 0. The summed E-state index contributed by atoms with van der Waals surface area (Å²) in [5.41, 5.74) is 2.66. The highest BCUT2D eigenvalue weighted by Crippen LogP contribution is 2.22. The van der Waals surface area contributed by atoms with E-state index in [2.05, 4.69) is 41.4 Å². The maximum absolute atomic E-state index is 13.9. The van der Waals surface area contributed by atoms with Gasteiger partial charge in [-0.3, -0.25) is 9.69 Å². The van der Waals surface area contributed by atoms with Gasteiger partial charge in [-0.1, -0.05) is 48.9 Å². The molecule has 1 atom stereocenters. The first-order valence-corrected chi connectivity index (χ1v) is 9.01. The monoisotopic (exact) mass is 360 g/mol. The Labute approximate surface area is 152 Å². The van der Waals surface area contributed by atoms with E-state index in [1.54, 1.807) is 0 Å². The standard InChI is InChI=1S/C20H22ClFN2O/c1-2-16(24-11-10-14-6-3-4-7-15(14)13-24)12-23-20(25)19-17(21)8-5-9-18(19)22/h3-9,16H,2,10-13H2,1H3,(H,23,25). The van der Waals surface area contributed by atoms with Crippen molar-refractivity contribution in [3.8, 4) is 0 Å². The molecular weight excluding hydrogens is 339 g/mol. The molecule has 1 heterocycles. The van der Waals surface area contributed by atoms with Crippen LogP contribution in [-0.4, -0.2) is 29.9 Å². The van der Waals surface area contributed by atoms with Crippen LogP contribution in [0.15, 0.2) is 42.5 Å². The van der Waals surface area contributed by atoms with Crippen LogP contribution in [-0.2, 0) is 13.0 Å². The van der Waals surface area contributed by atoms with Crippen LogP contribution in [0.4, 0.5) is 4.39 Å². The number of rotatable bonds is 5. The van der Waals surface area contributed by atoms with Crippen molar-refractivity contribution in [1.29, 1.82) is 0 Å². The van der Waals surface area contributed by atoms with Crippen molar-refractivity contribution in [3.63, 3.8) is 0 Å². The van der Waals surface area contributed by atoms with Crippen LogP contribution in [0, 0.1) is 5.82 Å². The fraction of sp³-hybridized carbons (Fsp3) is 0.350. The highest BCUT2D eigenvalue weighted by atomic mass is 35.5. The van der Waals surface area contributed by atoms with E-state index < -0.39 is 11.7 Å². The number of nitrogens with one attached hydrogen (secondary N) is 1.